The van der Waals surface area contributed by atoms with Crippen molar-refractivity contribution in [2.45, 2.75) is 13.5 Å². The molecule has 2 aromatic rings. The fourth-order valence-corrected chi connectivity index (χ4v) is 2.21. The molecule has 18 heavy (non-hydrogen) atoms. The molecule has 6 heteroatoms. The number of benzene rings is 1. The van der Waals surface area contributed by atoms with E-state index in [0.29, 0.717) is 6.54 Å². The van der Waals surface area contributed by atoms with Gasteiger partial charge >= 0.3 is 0 Å². The van der Waals surface area contributed by atoms with Gasteiger partial charge in [-0.05, 0) is 25.1 Å². The number of nitrogens with two attached hydrogens (primary N) is 1. The van der Waals surface area contributed by atoms with Crippen LogP contribution < -0.4 is 11.1 Å². The van der Waals surface area contributed by atoms with Gasteiger partial charge in [0.05, 0.1) is 6.54 Å². The Balaban J connectivity index is 2.03. The Morgan fingerprint density at radius 2 is 2.28 bits per heavy atom. The Bertz CT molecular complexity index is 562. The van der Waals surface area contributed by atoms with Crippen molar-refractivity contribution in [1.29, 1.82) is 0 Å². The van der Waals surface area contributed by atoms with Crippen molar-refractivity contribution < 1.29 is 9.18 Å². The number of nitrogen functional groups attached to an aromatic ring is 1. The van der Waals surface area contributed by atoms with Gasteiger partial charge in [-0.15, -0.1) is 11.3 Å². The minimum absolute atomic E-state index is 0.209. The molecule has 0 bridgehead atoms. The SMILES string of the molecule is Cc1cnc(CNC(=O)c2cc(N)cc(F)c2)s1. The largest absolute Gasteiger partial charge is 0.399 e. The van der Waals surface area contributed by atoms with Crippen LogP contribution in [-0.4, -0.2) is 10.9 Å². The molecular formula is C12H12FN3OS. The standard InChI is InChI=1S/C12H12FN3OS/c1-7-5-15-11(18-7)6-16-12(17)8-2-9(13)4-10(14)3-8/h2-5H,6,14H2,1H3,(H,16,17). The van der Waals surface area contributed by atoms with Gasteiger partial charge < -0.3 is 11.1 Å². The number of hydrogen-bond donors (Lipinski definition) is 2. The number of halogens is 1. The van der Waals surface area contributed by atoms with Crippen LogP contribution in [-0.2, 0) is 6.54 Å². The molecule has 1 heterocycles. The second kappa shape index (κ2) is 5.14. The van der Waals surface area contributed by atoms with E-state index in [1.165, 1.54) is 23.5 Å². The lowest BCUT2D eigenvalue weighted by Gasteiger charge is -2.04. The third kappa shape index (κ3) is 3.04. The van der Waals surface area contributed by atoms with Crippen LogP contribution in [0, 0.1) is 12.7 Å². The molecule has 0 atom stereocenters. The molecule has 1 amide bonds. The van der Waals surface area contributed by atoms with Crippen LogP contribution in [0.1, 0.15) is 20.2 Å². The van der Waals surface area contributed by atoms with Crippen LogP contribution in [0.15, 0.2) is 24.4 Å². The normalized spacial score (nSPS) is 10.3. The van der Waals surface area contributed by atoms with Gasteiger partial charge in [-0.2, -0.15) is 0 Å². The number of aromatic nitrogens is 1. The van der Waals surface area contributed by atoms with Gasteiger partial charge in [-0.3, -0.25) is 4.79 Å². The van der Waals surface area contributed by atoms with Gasteiger partial charge in [0.2, 0.25) is 0 Å². The summed E-state index contributed by atoms with van der Waals surface area (Å²) in [7, 11) is 0. The fraction of sp³-hybridized carbons (Fsp3) is 0.167. The summed E-state index contributed by atoms with van der Waals surface area (Å²) in [5.74, 6) is -0.890. The molecule has 0 aliphatic heterocycles. The van der Waals surface area contributed by atoms with Crippen molar-refractivity contribution in [3.05, 3.63) is 45.7 Å². The van der Waals surface area contributed by atoms with Crippen LogP contribution in [0.5, 0.6) is 0 Å². The van der Waals surface area contributed by atoms with Crippen LogP contribution in [0.2, 0.25) is 0 Å². The summed E-state index contributed by atoms with van der Waals surface area (Å²) in [6.07, 6.45) is 1.74. The summed E-state index contributed by atoms with van der Waals surface area (Å²) < 4.78 is 13.1. The van der Waals surface area contributed by atoms with E-state index in [1.54, 1.807) is 6.20 Å². The third-order valence-electron chi connectivity index (χ3n) is 2.25. The van der Waals surface area contributed by atoms with Gasteiger partial charge in [-0.25, -0.2) is 9.37 Å². The summed E-state index contributed by atoms with van der Waals surface area (Å²) in [4.78, 5) is 17.0. The maximum Gasteiger partial charge on any atom is 0.251 e. The lowest BCUT2D eigenvalue weighted by atomic mass is 10.2. The van der Waals surface area contributed by atoms with Crippen molar-refractivity contribution >= 4 is 22.9 Å². The Labute approximate surface area is 108 Å². The van der Waals surface area contributed by atoms with Crippen molar-refractivity contribution in [1.82, 2.24) is 10.3 Å². The van der Waals surface area contributed by atoms with E-state index in [-0.39, 0.29) is 17.2 Å². The van der Waals surface area contributed by atoms with Crippen molar-refractivity contribution in [2.75, 3.05) is 5.73 Å². The van der Waals surface area contributed by atoms with Crippen LogP contribution in [0.3, 0.4) is 0 Å². The molecular weight excluding hydrogens is 253 g/mol. The van der Waals surface area contributed by atoms with Crippen LogP contribution in [0.25, 0.3) is 0 Å². The lowest BCUT2D eigenvalue weighted by molar-refractivity contribution is 0.0950. The number of anilines is 1. The first-order valence-corrected chi connectivity index (χ1v) is 6.12. The van der Waals surface area contributed by atoms with E-state index in [4.69, 9.17) is 5.73 Å². The first kappa shape index (κ1) is 12.5. The van der Waals surface area contributed by atoms with Crippen molar-refractivity contribution in [3.63, 3.8) is 0 Å². The quantitative estimate of drug-likeness (QED) is 0.835. The minimum atomic E-state index is -0.523. The molecule has 0 radical (unpaired) electrons. The Morgan fingerprint density at radius 1 is 1.50 bits per heavy atom. The fourth-order valence-electron chi connectivity index (χ4n) is 1.48. The Kier molecular flexibility index (Phi) is 3.57. The predicted octanol–water partition coefficient (Wildman–Crippen LogP) is 2.10. The highest BCUT2D eigenvalue weighted by molar-refractivity contribution is 7.11. The number of rotatable bonds is 3. The molecule has 0 unspecified atom stereocenters. The Hall–Kier alpha value is -1.95. The van der Waals surface area contributed by atoms with E-state index < -0.39 is 5.82 Å². The number of thiazole rings is 1. The summed E-state index contributed by atoms with van der Waals surface area (Å²) in [5.41, 5.74) is 5.91. The van der Waals surface area contributed by atoms with Crippen LogP contribution >= 0.6 is 11.3 Å². The zero-order valence-corrected chi connectivity index (χ0v) is 10.6. The zero-order chi connectivity index (χ0) is 13.1. The van der Waals surface area contributed by atoms with Crippen molar-refractivity contribution in [3.8, 4) is 0 Å². The highest BCUT2D eigenvalue weighted by atomic mass is 32.1. The average molecular weight is 265 g/mol. The lowest BCUT2D eigenvalue weighted by Crippen LogP contribution is -2.22. The number of nitrogens with zero attached hydrogens (tertiary/aromatic N) is 1. The molecule has 0 aliphatic rings. The highest BCUT2D eigenvalue weighted by Crippen LogP contribution is 2.13. The Morgan fingerprint density at radius 3 is 2.89 bits per heavy atom. The highest BCUT2D eigenvalue weighted by Gasteiger charge is 2.08. The molecule has 94 valence electrons. The van der Waals surface area contributed by atoms with Gasteiger partial charge in [0.1, 0.15) is 10.8 Å². The van der Waals surface area contributed by atoms with E-state index in [9.17, 15) is 9.18 Å². The van der Waals surface area contributed by atoms with E-state index in [0.717, 1.165) is 16.0 Å². The maximum atomic E-state index is 13.1. The van der Waals surface area contributed by atoms with E-state index in [1.807, 2.05) is 6.92 Å². The maximum absolute atomic E-state index is 13.1. The minimum Gasteiger partial charge on any atom is -0.399 e. The third-order valence-corrected chi connectivity index (χ3v) is 3.16. The molecule has 1 aromatic heterocycles. The molecule has 0 saturated carbocycles. The monoisotopic (exact) mass is 265 g/mol. The first-order chi connectivity index (χ1) is 8.54. The summed E-state index contributed by atoms with van der Waals surface area (Å²) >= 11 is 1.51. The summed E-state index contributed by atoms with van der Waals surface area (Å²) in [6, 6.07) is 3.76. The summed E-state index contributed by atoms with van der Waals surface area (Å²) in [5, 5.41) is 3.48. The molecule has 0 saturated heterocycles. The summed E-state index contributed by atoms with van der Waals surface area (Å²) in [6.45, 7) is 2.27. The molecule has 3 N–H and O–H groups in total. The number of amides is 1. The first-order valence-electron chi connectivity index (χ1n) is 5.30. The molecule has 0 aliphatic carbocycles. The zero-order valence-electron chi connectivity index (χ0n) is 9.74. The molecule has 1 aromatic carbocycles. The van der Waals surface area contributed by atoms with Gasteiger partial charge in [-0.1, -0.05) is 0 Å². The molecule has 0 spiro atoms. The average Bonchev–Trinajstić information content (AvgIpc) is 2.70. The van der Waals surface area contributed by atoms with Crippen molar-refractivity contribution in [2.24, 2.45) is 0 Å². The van der Waals surface area contributed by atoms with Crippen LogP contribution in [0.4, 0.5) is 10.1 Å². The van der Waals surface area contributed by atoms with Gasteiger partial charge in [0, 0.05) is 22.3 Å². The second-order valence-corrected chi connectivity index (χ2v) is 5.14. The predicted molar refractivity (Wildman–Crippen MR) is 68.8 cm³/mol. The number of aryl methyl sites for hydroxylation is 1. The van der Waals surface area contributed by atoms with E-state index in [2.05, 4.69) is 10.3 Å². The van der Waals surface area contributed by atoms with Gasteiger partial charge in [0.25, 0.3) is 5.91 Å². The number of carbonyl (C=O) groups excluding carboxylic acids is 1. The number of hydrogen-bond acceptors (Lipinski definition) is 4. The second-order valence-electron chi connectivity index (χ2n) is 3.82. The van der Waals surface area contributed by atoms with E-state index >= 15 is 0 Å². The smallest absolute Gasteiger partial charge is 0.251 e. The molecule has 2 rings (SSSR count). The topological polar surface area (TPSA) is 68.0 Å². The molecule has 4 nitrogen and oxygen atoms in total. The number of carbonyl (C=O) groups is 1. The molecule has 0 fully saturated rings. The number of nitrogens with one attached hydrogen (secondary N) is 1. The van der Waals surface area contributed by atoms with Gasteiger partial charge in [0.15, 0.2) is 0 Å².